The molecule has 1 rings (SSSR count). The van der Waals surface area contributed by atoms with E-state index in [4.69, 9.17) is 10.5 Å². The van der Waals surface area contributed by atoms with Crippen molar-refractivity contribution in [1.82, 2.24) is 0 Å². The van der Waals surface area contributed by atoms with E-state index in [9.17, 15) is 4.79 Å². The lowest BCUT2D eigenvalue weighted by Gasteiger charge is -2.14. The van der Waals surface area contributed by atoms with Gasteiger partial charge in [0, 0.05) is 12.1 Å². The summed E-state index contributed by atoms with van der Waals surface area (Å²) in [5.74, 6) is 1.02. The van der Waals surface area contributed by atoms with Crippen molar-refractivity contribution in [3.05, 3.63) is 23.8 Å². The minimum atomic E-state index is -0.00132. The molecule has 1 aromatic rings. The fourth-order valence-corrected chi connectivity index (χ4v) is 1.72. The first-order chi connectivity index (χ1) is 8.92. The Morgan fingerprint density at radius 3 is 2.58 bits per heavy atom. The largest absolute Gasteiger partial charge is 0.491 e. The normalized spacial score (nSPS) is 12.3. The SMILES string of the molecule is Cc1cc(OC(C)C)ccc1NC(=O)CC(C)CN. The van der Waals surface area contributed by atoms with E-state index >= 15 is 0 Å². The third-order valence-electron chi connectivity index (χ3n) is 2.78. The van der Waals surface area contributed by atoms with Crippen molar-refractivity contribution in [1.29, 1.82) is 0 Å². The molecule has 106 valence electrons. The maximum Gasteiger partial charge on any atom is 0.224 e. The van der Waals surface area contributed by atoms with E-state index in [1.807, 2.05) is 45.9 Å². The molecule has 0 spiro atoms. The van der Waals surface area contributed by atoms with Crippen LogP contribution in [0.1, 0.15) is 32.8 Å². The van der Waals surface area contributed by atoms with Gasteiger partial charge in [0.15, 0.2) is 0 Å². The number of amides is 1. The molecule has 1 unspecified atom stereocenters. The molecular weight excluding hydrogens is 240 g/mol. The van der Waals surface area contributed by atoms with Gasteiger partial charge in [-0.15, -0.1) is 0 Å². The van der Waals surface area contributed by atoms with Crippen LogP contribution in [0.2, 0.25) is 0 Å². The molecular formula is C15H24N2O2. The molecule has 0 saturated heterocycles. The van der Waals surface area contributed by atoms with Gasteiger partial charge in [0.1, 0.15) is 5.75 Å². The number of hydrogen-bond donors (Lipinski definition) is 2. The molecule has 0 aromatic heterocycles. The average molecular weight is 264 g/mol. The van der Waals surface area contributed by atoms with Crippen molar-refractivity contribution in [3.63, 3.8) is 0 Å². The van der Waals surface area contributed by atoms with Crippen LogP contribution in [-0.4, -0.2) is 18.6 Å². The first kappa shape index (κ1) is 15.5. The Morgan fingerprint density at radius 2 is 2.05 bits per heavy atom. The monoisotopic (exact) mass is 264 g/mol. The lowest BCUT2D eigenvalue weighted by Crippen LogP contribution is -2.20. The predicted molar refractivity (Wildman–Crippen MR) is 78.4 cm³/mol. The smallest absolute Gasteiger partial charge is 0.224 e. The Balaban J connectivity index is 2.67. The van der Waals surface area contributed by atoms with Crippen LogP contribution in [0.4, 0.5) is 5.69 Å². The molecule has 0 aliphatic rings. The van der Waals surface area contributed by atoms with Gasteiger partial charge in [-0.05, 0) is 57.0 Å². The number of aryl methyl sites for hydroxylation is 1. The zero-order chi connectivity index (χ0) is 14.4. The Kier molecular flexibility index (Phi) is 5.83. The van der Waals surface area contributed by atoms with Gasteiger partial charge in [-0.25, -0.2) is 0 Å². The van der Waals surface area contributed by atoms with Gasteiger partial charge in [-0.2, -0.15) is 0 Å². The van der Waals surface area contributed by atoms with E-state index in [-0.39, 0.29) is 17.9 Å². The van der Waals surface area contributed by atoms with Crippen molar-refractivity contribution < 1.29 is 9.53 Å². The molecule has 0 fully saturated rings. The van der Waals surface area contributed by atoms with E-state index in [2.05, 4.69) is 5.32 Å². The second kappa shape index (κ2) is 7.14. The van der Waals surface area contributed by atoms with Crippen molar-refractivity contribution in [3.8, 4) is 5.75 Å². The number of anilines is 1. The van der Waals surface area contributed by atoms with Gasteiger partial charge in [-0.3, -0.25) is 4.79 Å². The number of carbonyl (C=O) groups excluding carboxylic acids is 1. The van der Waals surface area contributed by atoms with Crippen LogP contribution >= 0.6 is 0 Å². The van der Waals surface area contributed by atoms with Crippen molar-refractivity contribution in [2.24, 2.45) is 11.7 Å². The molecule has 1 amide bonds. The summed E-state index contributed by atoms with van der Waals surface area (Å²) < 4.78 is 5.61. The van der Waals surface area contributed by atoms with Crippen LogP contribution < -0.4 is 15.8 Å². The van der Waals surface area contributed by atoms with Crippen LogP contribution in [0.25, 0.3) is 0 Å². The molecule has 0 bridgehead atoms. The zero-order valence-corrected chi connectivity index (χ0v) is 12.2. The average Bonchev–Trinajstić information content (AvgIpc) is 2.31. The summed E-state index contributed by atoms with van der Waals surface area (Å²) in [4.78, 5) is 11.8. The molecule has 3 N–H and O–H groups in total. The van der Waals surface area contributed by atoms with Gasteiger partial charge >= 0.3 is 0 Å². The van der Waals surface area contributed by atoms with Crippen LogP contribution in [0, 0.1) is 12.8 Å². The second-order valence-electron chi connectivity index (χ2n) is 5.24. The summed E-state index contributed by atoms with van der Waals surface area (Å²) >= 11 is 0. The Morgan fingerprint density at radius 1 is 1.37 bits per heavy atom. The number of hydrogen-bond acceptors (Lipinski definition) is 3. The summed E-state index contributed by atoms with van der Waals surface area (Å²) in [6.45, 7) is 8.41. The molecule has 1 aromatic carbocycles. The number of benzene rings is 1. The number of nitrogens with two attached hydrogens (primary N) is 1. The summed E-state index contributed by atoms with van der Waals surface area (Å²) in [5, 5.41) is 2.91. The molecule has 0 aliphatic carbocycles. The quantitative estimate of drug-likeness (QED) is 0.830. The van der Waals surface area contributed by atoms with E-state index in [0.717, 1.165) is 17.0 Å². The van der Waals surface area contributed by atoms with Gasteiger partial charge in [-0.1, -0.05) is 6.92 Å². The van der Waals surface area contributed by atoms with Crippen LogP contribution in [-0.2, 0) is 4.79 Å². The molecule has 1 atom stereocenters. The molecule has 4 nitrogen and oxygen atoms in total. The fraction of sp³-hybridized carbons (Fsp3) is 0.533. The maximum atomic E-state index is 11.8. The highest BCUT2D eigenvalue weighted by Gasteiger charge is 2.09. The van der Waals surface area contributed by atoms with E-state index < -0.39 is 0 Å². The second-order valence-corrected chi connectivity index (χ2v) is 5.24. The predicted octanol–water partition coefficient (Wildman–Crippen LogP) is 2.71. The zero-order valence-electron chi connectivity index (χ0n) is 12.2. The van der Waals surface area contributed by atoms with Crippen molar-refractivity contribution >= 4 is 11.6 Å². The van der Waals surface area contributed by atoms with E-state index in [1.165, 1.54) is 0 Å². The highest BCUT2D eigenvalue weighted by Crippen LogP contribution is 2.22. The van der Waals surface area contributed by atoms with E-state index in [1.54, 1.807) is 0 Å². The summed E-state index contributed by atoms with van der Waals surface area (Å²) in [5.41, 5.74) is 7.33. The molecule has 0 saturated carbocycles. The van der Waals surface area contributed by atoms with E-state index in [0.29, 0.717) is 13.0 Å². The summed E-state index contributed by atoms with van der Waals surface area (Å²) in [7, 11) is 0. The Bertz CT molecular complexity index is 430. The first-order valence-electron chi connectivity index (χ1n) is 6.69. The molecule has 4 heteroatoms. The Labute approximate surface area is 115 Å². The minimum absolute atomic E-state index is 0.00132. The lowest BCUT2D eigenvalue weighted by molar-refractivity contribution is -0.116. The number of carbonyl (C=O) groups is 1. The fourth-order valence-electron chi connectivity index (χ4n) is 1.72. The topological polar surface area (TPSA) is 64.3 Å². The number of rotatable bonds is 6. The summed E-state index contributed by atoms with van der Waals surface area (Å²) in [6, 6.07) is 5.68. The van der Waals surface area contributed by atoms with Crippen molar-refractivity contribution in [2.75, 3.05) is 11.9 Å². The summed E-state index contributed by atoms with van der Waals surface area (Å²) in [6.07, 6.45) is 0.588. The highest BCUT2D eigenvalue weighted by molar-refractivity contribution is 5.91. The number of nitrogens with one attached hydrogen (secondary N) is 1. The standard InChI is InChI=1S/C15H24N2O2/c1-10(2)19-13-5-6-14(12(4)8-13)17-15(18)7-11(3)9-16/h5-6,8,10-11H,7,9,16H2,1-4H3,(H,17,18). The van der Waals surface area contributed by atoms with Crippen LogP contribution in [0.5, 0.6) is 5.75 Å². The van der Waals surface area contributed by atoms with Crippen LogP contribution in [0.15, 0.2) is 18.2 Å². The third kappa shape index (κ3) is 5.30. The maximum absolute atomic E-state index is 11.8. The highest BCUT2D eigenvalue weighted by atomic mass is 16.5. The Hall–Kier alpha value is -1.55. The lowest BCUT2D eigenvalue weighted by atomic mass is 10.1. The van der Waals surface area contributed by atoms with Gasteiger partial charge in [0.2, 0.25) is 5.91 Å². The van der Waals surface area contributed by atoms with Gasteiger partial charge < -0.3 is 15.8 Å². The minimum Gasteiger partial charge on any atom is -0.491 e. The first-order valence-corrected chi connectivity index (χ1v) is 6.69. The van der Waals surface area contributed by atoms with Crippen LogP contribution in [0.3, 0.4) is 0 Å². The van der Waals surface area contributed by atoms with Gasteiger partial charge in [0.25, 0.3) is 0 Å². The molecule has 0 heterocycles. The molecule has 19 heavy (non-hydrogen) atoms. The van der Waals surface area contributed by atoms with Crippen molar-refractivity contribution in [2.45, 2.75) is 40.2 Å². The molecule has 0 aliphatic heterocycles. The number of ether oxygens (including phenoxy) is 1. The van der Waals surface area contributed by atoms with Gasteiger partial charge in [0.05, 0.1) is 6.10 Å². The molecule has 0 radical (unpaired) electrons. The third-order valence-corrected chi connectivity index (χ3v) is 2.78.